The summed E-state index contributed by atoms with van der Waals surface area (Å²) in [6.45, 7) is 7.69. The minimum atomic E-state index is 0. The molecule has 0 spiro atoms. The van der Waals surface area contributed by atoms with Gasteiger partial charge in [0.2, 0.25) is 5.91 Å². The number of nitrogens with zero attached hydrogens (tertiary/aromatic N) is 1. The normalized spacial score (nSPS) is 17.5. The highest BCUT2D eigenvalue weighted by atomic mass is 35.5. The maximum Gasteiger partial charge on any atom is 0.225 e. The molecule has 0 aromatic heterocycles. The Labute approximate surface area is 151 Å². The van der Waals surface area contributed by atoms with E-state index in [1.165, 1.54) is 0 Å². The first-order valence-corrected chi connectivity index (χ1v) is 8.34. The monoisotopic (exact) mass is 356 g/mol. The molecule has 6 heteroatoms. The quantitative estimate of drug-likeness (QED) is 0.763. The third-order valence-electron chi connectivity index (χ3n) is 3.97. The van der Waals surface area contributed by atoms with E-state index in [1.54, 1.807) is 7.11 Å². The summed E-state index contributed by atoms with van der Waals surface area (Å²) in [5, 5.41) is 3.37. The number of methoxy groups -OCH3 is 1. The Morgan fingerprint density at radius 3 is 2.83 bits per heavy atom. The predicted molar refractivity (Wildman–Crippen MR) is 97.8 cm³/mol. The molecule has 5 nitrogen and oxygen atoms in total. The van der Waals surface area contributed by atoms with Crippen molar-refractivity contribution >= 4 is 18.3 Å². The molecule has 1 amide bonds. The molecular formula is C18H29ClN2O3. The lowest BCUT2D eigenvalue weighted by Gasteiger charge is -2.37. The number of benzene rings is 1. The average Bonchev–Trinajstić information content (AvgIpc) is 2.58. The van der Waals surface area contributed by atoms with Crippen LogP contribution in [-0.2, 0) is 9.53 Å². The molecule has 1 aromatic rings. The standard InChI is InChI=1S/C18H28N2O3.ClH/c1-14(2)13-23-11-8-18(21)20-10-9-19-12-16(20)15-6-4-5-7-17(15)22-3;/h4-7,14,16,19H,8-13H2,1-3H3;1H. The first-order valence-electron chi connectivity index (χ1n) is 8.34. The van der Waals surface area contributed by atoms with Crippen LogP contribution in [-0.4, -0.2) is 50.8 Å². The molecule has 1 aliphatic rings. The van der Waals surface area contributed by atoms with E-state index in [9.17, 15) is 4.79 Å². The molecule has 1 N–H and O–H groups in total. The molecule has 1 heterocycles. The van der Waals surface area contributed by atoms with Crippen molar-refractivity contribution in [3.05, 3.63) is 29.8 Å². The summed E-state index contributed by atoms with van der Waals surface area (Å²) in [7, 11) is 1.67. The molecule has 1 fully saturated rings. The summed E-state index contributed by atoms with van der Waals surface area (Å²) in [6.07, 6.45) is 0.429. The van der Waals surface area contributed by atoms with Crippen LogP contribution in [0.25, 0.3) is 0 Å². The summed E-state index contributed by atoms with van der Waals surface area (Å²) in [4.78, 5) is 14.6. The van der Waals surface area contributed by atoms with E-state index in [4.69, 9.17) is 9.47 Å². The number of carbonyl (C=O) groups is 1. The van der Waals surface area contributed by atoms with Crippen LogP contribution in [0.15, 0.2) is 24.3 Å². The van der Waals surface area contributed by atoms with E-state index in [0.29, 0.717) is 32.1 Å². The van der Waals surface area contributed by atoms with Crippen molar-refractivity contribution in [3.63, 3.8) is 0 Å². The zero-order chi connectivity index (χ0) is 16.7. The first-order chi connectivity index (χ1) is 11.1. The summed E-state index contributed by atoms with van der Waals surface area (Å²) < 4.78 is 11.0. The van der Waals surface area contributed by atoms with Crippen LogP contribution >= 0.6 is 12.4 Å². The Bertz CT molecular complexity index is 511. The summed E-state index contributed by atoms with van der Waals surface area (Å²) in [6, 6.07) is 7.92. The van der Waals surface area contributed by atoms with Crippen molar-refractivity contribution < 1.29 is 14.3 Å². The molecule has 0 aliphatic carbocycles. The summed E-state index contributed by atoms with van der Waals surface area (Å²) in [5.41, 5.74) is 1.05. The third kappa shape index (κ3) is 5.65. The van der Waals surface area contributed by atoms with E-state index < -0.39 is 0 Å². The van der Waals surface area contributed by atoms with Gasteiger partial charge in [0, 0.05) is 31.8 Å². The Balaban J connectivity index is 0.00000288. The van der Waals surface area contributed by atoms with Crippen LogP contribution in [0.1, 0.15) is 31.9 Å². The van der Waals surface area contributed by atoms with Crippen molar-refractivity contribution in [1.29, 1.82) is 0 Å². The van der Waals surface area contributed by atoms with Gasteiger partial charge in [-0.25, -0.2) is 0 Å². The first kappa shape index (κ1) is 20.7. The van der Waals surface area contributed by atoms with Crippen LogP contribution in [0, 0.1) is 5.92 Å². The molecule has 136 valence electrons. The molecule has 1 atom stereocenters. The van der Waals surface area contributed by atoms with Crippen molar-refractivity contribution in [1.82, 2.24) is 10.2 Å². The molecule has 1 unspecified atom stereocenters. The Morgan fingerprint density at radius 2 is 2.12 bits per heavy atom. The van der Waals surface area contributed by atoms with Crippen molar-refractivity contribution in [2.24, 2.45) is 5.92 Å². The third-order valence-corrected chi connectivity index (χ3v) is 3.97. The van der Waals surface area contributed by atoms with Crippen molar-refractivity contribution in [2.45, 2.75) is 26.3 Å². The molecule has 0 radical (unpaired) electrons. The average molecular weight is 357 g/mol. The number of rotatable bonds is 7. The molecule has 0 bridgehead atoms. The number of hydrogen-bond acceptors (Lipinski definition) is 4. The number of para-hydroxylation sites is 1. The van der Waals surface area contributed by atoms with Crippen molar-refractivity contribution in [3.8, 4) is 5.75 Å². The Kier molecular flexibility index (Phi) is 9.11. The van der Waals surface area contributed by atoms with Crippen LogP contribution in [0.2, 0.25) is 0 Å². The lowest BCUT2D eigenvalue weighted by Crippen LogP contribution is -2.49. The van der Waals surface area contributed by atoms with Gasteiger partial charge in [0.15, 0.2) is 0 Å². The molecule has 0 saturated carbocycles. The highest BCUT2D eigenvalue weighted by Gasteiger charge is 2.29. The fourth-order valence-electron chi connectivity index (χ4n) is 2.84. The van der Waals surface area contributed by atoms with Gasteiger partial charge in [-0.2, -0.15) is 0 Å². The predicted octanol–water partition coefficient (Wildman–Crippen LogP) is 2.65. The highest BCUT2D eigenvalue weighted by molar-refractivity contribution is 5.85. The molecule has 1 aliphatic heterocycles. The van der Waals surface area contributed by atoms with Crippen LogP contribution in [0.3, 0.4) is 0 Å². The number of carbonyl (C=O) groups excluding carboxylic acids is 1. The van der Waals surface area contributed by atoms with E-state index in [1.807, 2.05) is 29.2 Å². The van der Waals surface area contributed by atoms with Crippen LogP contribution in [0.5, 0.6) is 5.75 Å². The highest BCUT2D eigenvalue weighted by Crippen LogP contribution is 2.30. The zero-order valence-corrected chi connectivity index (χ0v) is 15.6. The Morgan fingerprint density at radius 1 is 1.38 bits per heavy atom. The second-order valence-electron chi connectivity index (χ2n) is 6.27. The lowest BCUT2D eigenvalue weighted by molar-refractivity contribution is -0.135. The molecule has 1 saturated heterocycles. The van der Waals surface area contributed by atoms with E-state index in [-0.39, 0.29) is 24.4 Å². The van der Waals surface area contributed by atoms with Gasteiger partial charge in [0.05, 0.1) is 26.2 Å². The van der Waals surface area contributed by atoms with Crippen LogP contribution < -0.4 is 10.1 Å². The number of hydrogen-bond donors (Lipinski definition) is 1. The largest absolute Gasteiger partial charge is 0.496 e. The van der Waals surface area contributed by atoms with Gasteiger partial charge in [-0.05, 0) is 12.0 Å². The molecule has 24 heavy (non-hydrogen) atoms. The fraction of sp³-hybridized carbons (Fsp3) is 0.611. The molecular weight excluding hydrogens is 328 g/mol. The van der Waals surface area contributed by atoms with Gasteiger partial charge in [0.1, 0.15) is 5.75 Å². The van der Waals surface area contributed by atoms with Crippen molar-refractivity contribution in [2.75, 3.05) is 40.0 Å². The number of piperazine rings is 1. The summed E-state index contributed by atoms with van der Waals surface area (Å²) in [5.74, 6) is 1.46. The summed E-state index contributed by atoms with van der Waals surface area (Å²) >= 11 is 0. The second kappa shape index (κ2) is 10.5. The van der Waals surface area contributed by atoms with Crippen LogP contribution in [0.4, 0.5) is 0 Å². The fourth-order valence-corrected chi connectivity index (χ4v) is 2.84. The number of halogens is 1. The minimum Gasteiger partial charge on any atom is -0.496 e. The zero-order valence-electron chi connectivity index (χ0n) is 14.8. The smallest absolute Gasteiger partial charge is 0.225 e. The molecule has 2 rings (SSSR count). The topological polar surface area (TPSA) is 50.8 Å². The Hall–Kier alpha value is -1.30. The second-order valence-corrected chi connectivity index (χ2v) is 6.27. The maximum absolute atomic E-state index is 12.6. The maximum atomic E-state index is 12.6. The van der Waals surface area contributed by atoms with E-state index in [2.05, 4.69) is 19.2 Å². The minimum absolute atomic E-state index is 0. The number of amides is 1. The SMILES string of the molecule is COc1ccccc1C1CNCCN1C(=O)CCOCC(C)C.Cl. The van der Waals surface area contributed by atoms with E-state index >= 15 is 0 Å². The number of ether oxygens (including phenoxy) is 2. The van der Waals surface area contributed by atoms with Gasteiger partial charge >= 0.3 is 0 Å². The van der Waals surface area contributed by atoms with Gasteiger partial charge in [-0.3, -0.25) is 4.79 Å². The van der Waals surface area contributed by atoms with Gasteiger partial charge in [-0.15, -0.1) is 12.4 Å². The lowest BCUT2D eigenvalue weighted by atomic mass is 10.0. The van der Waals surface area contributed by atoms with Gasteiger partial charge in [-0.1, -0.05) is 32.0 Å². The number of nitrogens with one attached hydrogen (secondary N) is 1. The van der Waals surface area contributed by atoms with Gasteiger partial charge in [0.25, 0.3) is 0 Å². The van der Waals surface area contributed by atoms with Gasteiger partial charge < -0.3 is 19.7 Å². The van der Waals surface area contributed by atoms with E-state index in [0.717, 1.165) is 24.4 Å². The molecule has 1 aromatic carbocycles.